The predicted molar refractivity (Wildman–Crippen MR) is 161 cm³/mol. The lowest BCUT2D eigenvalue weighted by atomic mass is 9.93. The van der Waals surface area contributed by atoms with Crippen LogP contribution in [0.4, 0.5) is 0 Å². The molecule has 0 saturated carbocycles. The Balaban J connectivity index is 1.69. The van der Waals surface area contributed by atoms with Crippen molar-refractivity contribution in [2.24, 2.45) is 5.92 Å². The number of hydrogen-bond donors (Lipinski definition) is 1. The highest BCUT2D eigenvalue weighted by Gasteiger charge is 2.32. The third kappa shape index (κ3) is 9.19. The van der Waals surface area contributed by atoms with Gasteiger partial charge in [-0.15, -0.1) is 0 Å². The minimum atomic E-state index is -1.02. The highest BCUT2D eigenvalue weighted by atomic mass is 16.7. The van der Waals surface area contributed by atoms with Crippen LogP contribution < -0.4 is 19.5 Å². The summed E-state index contributed by atoms with van der Waals surface area (Å²) in [5.41, 5.74) is 2.04. The van der Waals surface area contributed by atoms with Crippen LogP contribution in [0.1, 0.15) is 57.9 Å². The van der Waals surface area contributed by atoms with Gasteiger partial charge in [0, 0.05) is 19.2 Å². The van der Waals surface area contributed by atoms with Gasteiger partial charge in [0.15, 0.2) is 17.2 Å². The highest BCUT2D eigenvalue weighted by molar-refractivity contribution is 5.98. The molecular weight excluding hydrogens is 552 g/mol. The van der Waals surface area contributed by atoms with Gasteiger partial charge in [0.1, 0.15) is 24.0 Å². The normalized spacial score (nSPS) is 12.9. The summed E-state index contributed by atoms with van der Waals surface area (Å²) in [5.74, 6) is -0.911. The first-order valence-corrected chi connectivity index (χ1v) is 14.3. The molecule has 3 atom stereocenters. The largest absolute Gasteiger partial charge is 0.493 e. The van der Waals surface area contributed by atoms with Crippen LogP contribution in [0.5, 0.6) is 17.2 Å². The number of carbonyl (C=O) groups is 3. The SMILES string of the molecule is CCC(CC)[C@@H](Oc1ccc(-c2ccccc2)cc1)[C@H](C)OC(=O)[C@H](C)NC(=O)c1nccc(OC)c1OCOC(C)=O. The molecule has 230 valence electrons. The number of pyridine rings is 1. The average molecular weight is 593 g/mol. The average Bonchev–Trinajstić information content (AvgIpc) is 3.01. The maximum atomic E-state index is 13.1. The van der Waals surface area contributed by atoms with E-state index in [1.54, 1.807) is 6.92 Å². The zero-order valence-electron chi connectivity index (χ0n) is 25.5. The summed E-state index contributed by atoms with van der Waals surface area (Å²) in [4.78, 5) is 41.4. The van der Waals surface area contributed by atoms with E-state index >= 15 is 0 Å². The van der Waals surface area contributed by atoms with Crippen LogP contribution in [0.3, 0.4) is 0 Å². The number of esters is 2. The quantitative estimate of drug-likeness (QED) is 0.178. The third-order valence-corrected chi connectivity index (χ3v) is 6.98. The number of hydrogen-bond acceptors (Lipinski definition) is 9. The number of benzene rings is 2. The number of rotatable bonds is 15. The van der Waals surface area contributed by atoms with Gasteiger partial charge in [0.2, 0.25) is 6.79 Å². The number of aromatic nitrogens is 1. The van der Waals surface area contributed by atoms with Crippen LogP contribution in [0.2, 0.25) is 0 Å². The Bertz CT molecular complexity index is 1340. The Hall–Kier alpha value is -4.60. The van der Waals surface area contributed by atoms with Gasteiger partial charge in [-0.1, -0.05) is 56.3 Å². The van der Waals surface area contributed by atoms with Gasteiger partial charge >= 0.3 is 11.9 Å². The molecule has 10 heteroatoms. The number of amides is 1. The van der Waals surface area contributed by atoms with Crippen molar-refractivity contribution < 1.29 is 38.1 Å². The molecule has 3 rings (SSSR count). The van der Waals surface area contributed by atoms with Gasteiger partial charge in [-0.3, -0.25) is 9.59 Å². The van der Waals surface area contributed by atoms with E-state index in [1.807, 2.05) is 54.6 Å². The number of methoxy groups -OCH3 is 1. The first-order valence-electron chi connectivity index (χ1n) is 14.3. The van der Waals surface area contributed by atoms with Crippen molar-refractivity contribution in [3.63, 3.8) is 0 Å². The second kappa shape index (κ2) is 16.1. The van der Waals surface area contributed by atoms with Crippen LogP contribution >= 0.6 is 0 Å². The third-order valence-electron chi connectivity index (χ3n) is 6.98. The summed E-state index contributed by atoms with van der Waals surface area (Å²) in [6.45, 7) is 8.23. The van der Waals surface area contributed by atoms with Crippen LogP contribution in [0.25, 0.3) is 11.1 Å². The van der Waals surface area contributed by atoms with Crippen molar-refractivity contribution in [1.29, 1.82) is 0 Å². The lowest BCUT2D eigenvalue weighted by Crippen LogP contribution is -2.45. The van der Waals surface area contributed by atoms with Crippen molar-refractivity contribution in [3.8, 4) is 28.4 Å². The zero-order valence-corrected chi connectivity index (χ0v) is 25.5. The lowest BCUT2D eigenvalue weighted by Gasteiger charge is -2.31. The molecule has 2 aromatic carbocycles. The maximum Gasteiger partial charge on any atom is 0.328 e. The first kappa shape index (κ1) is 32.9. The summed E-state index contributed by atoms with van der Waals surface area (Å²) in [6.07, 6.45) is 2.00. The molecule has 0 aliphatic heterocycles. The van der Waals surface area contributed by atoms with Crippen molar-refractivity contribution in [1.82, 2.24) is 10.3 Å². The Kier molecular flexibility index (Phi) is 12.4. The van der Waals surface area contributed by atoms with E-state index in [9.17, 15) is 14.4 Å². The van der Waals surface area contributed by atoms with Gasteiger partial charge in [-0.2, -0.15) is 0 Å². The van der Waals surface area contributed by atoms with Gasteiger partial charge in [-0.05, 0) is 55.9 Å². The summed E-state index contributed by atoms with van der Waals surface area (Å²) in [7, 11) is 1.40. The van der Waals surface area contributed by atoms with E-state index in [2.05, 4.69) is 24.1 Å². The van der Waals surface area contributed by atoms with Crippen LogP contribution in [0, 0.1) is 5.92 Å². The molecule has 43 heavy (non-hydrogen) atoms. The van der Waals surface area contributed by atoms with Gasteiger partial charge in [0.25, 0.3) is 5.91 Å². The summed E-state index contributed by atoms with van der Waals surface area (Å²) >= 11 is 0. The molecule has 0 unspecified atom stereocenters. The van der Waals surface area contributed by atoms with E-state index in [1.165, 1.54) is 33.2 Å². The zero-order chi connectivity index (χ0) is 31.4. The minimum Gasteiger partial charge on any atom is -0.493 e. The molecule has 3 aromatic rings. The Morgan fingerprint density at radius 3 is 2.16 bits per heavy atom. The van der Waals surface area contributed by atoms with E-state index < -0.39 is 42.9 Å². The number of ether oxygens (including phenoxy) is 5. The molecule has 0 fully saturated rings. The molecular formula is C33H40N2O8. The molecule has 1 heterocycles. The maximum absolute atomic E-state index is 13.1. The minimum absolute atomic E-state index is 0.0295. The highest BCUT2D eigenvalue weighted by Crippen LogP contribution is 2.30. The van der Waals surface area contributed by atoms with Crippen LogP contribution in [-0.2, 0) is 19.1 Å². The molecule has 0 saturated heterocycles. The van der Waals surface area contributed by atoms with E-state index in [4.69, 9.17) is 23.7 Å². The molecule has 0 spiro atoms. The van der Waals surface area contributed by atoms with Crippen molar-refractivity contribution in [2.75, 3.05) is 13.9 Å². The Morgan fingerprint density at radius 2 is 1.56 bits per heavy atom. The fraction of sp³-hybridized carbons (Fsp3) is 0.394. The molecule has 0 aliphatic rings. The van der Waals surface area contributed by atoms with E-state index in [-0.39, 0.29) is 23.1 Å². The Morgan fingerprint density at radius 1 is 0.907 bits per heavy atom. The lowest BCUT2D eigenvalue weighted by molar-refractivity contribution is -0.156. The Labute approximate surface area is 252 Å². The molecule has 0 bridgehead atoms. The standard InChI is InChI=1S/C33H40N2O8/c1-7-24(8-2)30(43-27-16-14-26(15-17-27)25-12-10-9-11-13-25)22(4)42-33(38)21(3)35-32(37)29-31(41-20-40-23(5)36)28(39-6)18-19-34-29/h9-19,21-22,24,30H,7-8,20H2,1-6H3,(H,35,37)/t21-,22-,30-/m0/s1. The van der Waals surface area contributed by atoms with Gasteiger partial charge in [-0.25, -0.2) is 9.78 Å². The molecule has 0 radical (unpaired) electrons. The number of carbonyl (C=O) groups excluding carboxylic acids is 3. The van der Waals surface area contributed by atoms with Crippen LogP contribution in [-0.4, -0.2) is 55.0 Å². The second-order valence-electron chi connectivity index (χ2n) is 9.98. The molecule has 1 aromatic heterocycles. The topological polar surface area (TPSA) is 122 Å². The fourth-order valence-electron chi connectivity index (χ4n) is 4.58. The van der Waals surface area contributed by atoms with Crippen molar-refractivity contribution in [2.45, 2.75) is 65.7 Å². The molecule has 0 aliphatic carbocycles. The second-order valence-corrected chi connectivity index (χ2v) is 9.98. The summed E-state index contributed by atoms with van der Waals surface area (Å²) in [5, 5.41) is 2.60. The summed E-state index contributed by atoms with van der Waals surface area (Å²) < 4.78 is 27.7. The van der Waals surface area contributed by atoms with E-state index in [0.29, 0.717) is 5.75 Å². The summed E-state index contributed by atoms with van der Waals surface area (Å²) in [6, 6.07) is 18.4. The van der Waals surface area contributed by atoms with Crippen molar-refractivity contribution in [3.05, 3.63) is 72.6 Å². The molecule has 1 amide bonds. The first-order chi connectivity index (χ1) is 20.7. The van der Waals surface area contributed by atoms with Gasteiger partial charge in [0.05, 0.1) is 7.11 Å². The molecule has 10 nitrogen and oxygen atoms in total. The predicted octanol–water partition coefficient (Wildman–Crippen LogP) is 5.59. The monoisotopic (exact) mass is 592 g/mol. The smallest absolute Gasteiger partial charge is 0.328 e. The number of nitrogens with one attached hydrogen (secondary N) is 1. The molecule has 1 N–H and O–H groups in total. The fourth-order valence-corrected chi connectivity index (χ4v) is 4.58. The number of nitrogens with zero attached hydrogens (tertiary/aromatic N) is 1. The van der Waals surface area contributed by atoms with Gasteiger partial charge < -0.3 is 29.0 Å². The van der Waals surface area contributed by atoms with Crippen molar-refractivity contribution >= 4 is 17.8 Å². The van der Waals surface area contributed by atoms with E-state index in [0.717, 1.165) is 24.0 Å². The van der Waals surface area contributed by atoms with Crippen LogP contribution in [0.15, 0.2) is 66.9 Å².